The topological polar surface area (TPSA) is 36.2 Å². The number of ether oxygens (including phenoxy) is 1. The van der Waals surface area contributed by atoms with Gasteiger partial charge in [-0.05, 0) is 55.0 Å². The normalized spacial score (nSPS) is 11.1. The summed E-state index contributed by atoms with van der Waals surface area (Å²) in [5, 5.41) is 0.812. The van der Waals surface area contributed by atoms with E-state index in [0.29, 0.717) is 23.5 Å². The summed E-state index contributed by atoms with van der Waals surface area (Å²) in [5.41, 5.74) is 2.68. The maximum absolute atomic E-state index is 13.4. The Labute approximate surface area is 160 Å². The molecule has 0 fully saturated rings. The van der Waals surface area contributed by atoms with Gasteiger partial charge < -0.3 is 9.30 Å². The molecular weight excluding hydrogens is 362 g/mol. The molecule has 0 atom stereocenters. The van der Waals surface area contributed by atoms with Crippen molar-refractivity contribution < 1.29 is 13.5 Å². The summed E-state index contributed by atoms with van der Waals surface area (Å²) in [6.45, 7) is 1.70. The third kappa shape index (κ3) is 3.07. The SMILES string of the molecule is CCn1ccc2c(-c3ccc(F)cc3)cn(-c3ccc(OCF)cc3)c(=O)c21. The predicted molar refractivity (Wildman–Crippen MR) is 105 cm³/mol. The highest BCUT2D eigenvalue weighted by Gasteiger charge is 2.15. The van der Waals surface area contributed by atoms with E-state index in [0.717, 1.165) is 16.5 Å². The summed E-state index contributed by atoms with van der Waals surface area (Å²) < 4.78 is 34.0. The molecule has 2 aromatic heterocycles. The van der Waals surface area contributed by atoms with Crippen molar-refractivity contribution in [1.29, 1.82) is 0 Å². The van der Waals surface area contributed by atoms with Crippen LogP contribution in [0.1, 0.15) is 6.92 Å². The Kier molecular flexibility index (Phi) is 4.69. The van der Waals surface area contributed by atoms with E-state index in [1.54, 1.807) is 47.2 Å². The molecule has 0 unspecified atom stereocenters. The maximum atomic E-state index is 13.4. The van der Waals surface area contributed by atoms with Crippen molar-refractivity contribution in [3.63, 3.8) is 0 Å². The average Bonchev–Trinajstić information content (AvgIpc) is 3.15. The molecule has 4 nitrogen and oxygen atoms in total. The maximum Gasteiger partial charge on any atom is 0.279 e. The van der Waals surface area contributed by atoms with Crippen LogP contribution in [-0.2, 0) is 6.54 Å². The monoisotopic (exact) mass is 380 g/mol. The van der Waals surface area contributed by atoms with Gasteiger partial charge in [-0.2, -0.15) is 0 Å². The van der Waals surface area contributed by atoms with E-state index in [-0.39, 0.29) is 11.4 Å². The average molecular weight is 380 g/mol. The van der Waals surface area contributed by atoms with Gasteiger partial charge in [0, 0.05) is 35.6 Å². The highest BCUT2D eigenvalue weighted by molar-refractivity contribution is 5.95. The molecule has 0 aliphatic heterocycles. The summed E-state index contributed by atoms with van der Waals surface area (Å²) in [6, 6.07) is 14.7. The summed E-state index contributed by atoms with van der Waals surface area (Å²) in [5.74, 6) is 0.0685. The van der Waals surface area contributed by atoms with Gasteiger partial charge in [0.25, 0.3) is 5.56 Å². The van der Waals surface area contributed by atoms with Gasteiger partial charge in [0.2, 0.25) is 6.86 Å². The summed E-state index contributed by atoms with van der Waals surface area (Å²) in [7, 11) is 0. The molecule has 0 aliphatic carbocycles. The van der Waals surface area contributed by atoms with Crippen LogP contribution in [0.2, 0.25) is 0 Å². The second kappa shape index (κ2) is 7.31. The minimum atomic E-state index is -0.913. The van der Waals surface area contributed by atoms with Crippen LogP contribution in [0.15, 0.2) is 71.8 Å². The van der Waals surface area contributed by atoms with Crippen LogP contribution in [0.5, 0.6) is 5.75 Å². The minimum Gasteiger partial charge on any atom is -0.463 e. The second-order valence-electron chi connectivity index (χ2n) is 6.34. The largest absolute Gasteiger partial charge is 0.463 e. The molecule has 28 heavy (non-hydrogen) atoms. The van der Waals surface area contributed by atoms with Gasteiger partial charge in [0.05, 0.1) is 0 Å². The smallest absolute Gasteiger partial charge is 0.279 e. The van der Waals surface area contributed by atoms with Crippen LogP contribution in [-0.4, -0.2) is 16.0 Å². The lowest BCUT2D eigenvalue weighted by Gasteiger charge is -2.13. The van der Waals surface area contributed by atoms with Crippen LogP contribution in [0.3, 0.4) is 0 Å². The standard InChI is InChI=1S/C22H18F2N2O2/c1-2-25-12-11-19-20(15-3-5-16(24)6-4-15)13-26(22(27)21(19)25)17-7-9-18(10-8-17)28-14-23/h3-13H,2,14H2,1H3. The number of benzene rings is 2. The van der Waals surface area contributed by atoms with Gasteiger partial charge in [0.15, 0.2) is 0 Å². The molecule has 142 valence electrons. The molecule has 6 heteroatoms. The fourth-order valence-corrected chi connectivity index (χ4v) is 3.38. The number of hydrogen-bond donors (Lipinski definition) is 0. The predicted octanol–water partition coefficient (Wildman–Crippen LogP) is 4.92. The second-order valence-corrected chi connectivity index (χ2v) is 6.34. The first-order valence-electron chi connectivity index (χ1n) is 8.92. The molecule has 0 aliphatic rings. The highest BCUT2D eigenvalue weighted by atomic mass is 19.1. The molecule has 0 amide bonds. The zero-order valence-corrected chi connectivity index (χ0v) is 15.2. The number of hydrogen-bond acceptors (Lipinski definition) is 2. The Bertz CT molecular complexity index is 1180. The Morgan fingerprint density at radius 2 is 1.71 bits per heavy atom. The van der Waals surface area contributed by atoms with Crippen LogP contribution in [0.25, 0.3) is 27.7 Å². The van der Waals surface area contributed by atoms with Crippen molar-refractivity contribution in [3.05, 3.63) is 83.2 Å². The number of fused-ring (bicyclic) bond motifs is 1. The zero-order chi connectivity index (χ0) is 19.7. The van der Waals surface area contributed by atoms with Crippen LogP contribution in [0.4, 0.5) is 8.78 Å². The van der Waals surface area contributed by atoms with Gasteiger partial charge in [-0.15, -0.1) is 0 Å². The van der Waals surface area contributed by atoms with Crippen LogP contribution >= 0.6 is 0 Å². The van der Waals surface area contributed by atoms with E-state index < -0.39 is 6.86 Å². The summed E-state index contributed by atoms with van der Waals surface area (Å²) in [6.07, 6.45) is 3.63. The third-order valence-corrected chi connectivity index (χ3v) is 4.77. The number of aromatic nitrogens is 2. The molecular formula is C22H18F2N2O2. The van der Waals surface area contributed by atoms with E-state index in [2.05, 4.69) is 0 Å². The van der Waals surface area contributed by atoms with Crippen molar-refractivity contribution in [3.8, 4) is 22.6 Å². The molecule has 2 heterocycles. The zero-order valence-electron chi connectivity index (χ0n) is 15.2. The fourth-order valence-electron chi connectivity index (χ4n) is 3.38. The Morgan fingerprint density at radius 3 is 2.36 bits per heavy atom. The molecule has 0 radical (unpaired) electrons. The van der Waals surface area contributed by atoms with E-state index in [9.17, 15) is 13.6 Å². The molecule has 4 rings (SSSR count). The highest BCUT2D eigenvalue weighted by Crippen LogP contribution is 2.29. The van der Waals surface area contributed by atoms with Crippen LogP contribution < -0.4 is 10.3 Å². The van der Waals surface area contributed by atoms with Gasteiger partial charge in [-0.3, -0.25) is 9.36 Å². The quantitative estimate of drug-likeness (QED) is 0.493. The molecule has 0 N–H and O–H groups in total. The lowest BCUT2D eigenvalue weighted by Crippen LogP contribution is -2.20. The minimum absolute atomic E-state index is 0.160. The Balaban J connectivity index is 1.97. The first-order valence-corrected chi connectivity index (χ1v) is 8.92. The van der Waals surface area contributed by atoms with E-state index in [1.165, 1.54) is 12.1 Å². The molecule has 0 saturated carbocycles. The van der Waals surface area contributed by atoms with E-state index in [4.69, 9.17) is 4.74 Å². The van der Waals surface area contributed by atoms with Gasteiger partial charge >= 0.3 is 0 Å². The van der Waals surface area contributed by atoms with Gasteiger partial charge in [-0.25, -0.2) is 8.78 Å². The summed E-state index contributed by atoms with van der Waals surface area (Å²) in [4.78, 5) is 13.2. The number of pyridine rings is 1. The van der Waals surface area contributed by atoms with Crippen molar-refractivity contribution in [2.24, 2.45) is 0 Å². The van der Waals surface area contributed by atoms with Crippen molar-refractivity contribution in [2.75, 3.05) is 6.86 Å². The van der Waals surface area contributed by atoms with Gasteiger partial charge in [0.1, 0.15) is 17.1 Å². The number of rotatable bonds is 5. The van der Waals surface area contributed by atoms with Crippen molar-refractivity contribution in [1.82, 2.24) is 9.13 Å². The molecule has 0 bridgehead atoms. The molecule has 2 aromatic carbocycles. The summed E-state index contributed by atoms with van der Waals surface area (Å²) >= 11 is 0. The lowest BCUT2D eigenvalue weighted by molar-refractivity contribution is 0.192. The Hall–Kier alpha value is -3.41. The van der Waals surface area contributed by atoms with Crippen molar-refractivity contribution >= 4 is 10.9 Å². The van der Waals surface area contributed by atoms with E-state index >= 15 is 0 Å². The molecule has 4 aromatic rings. The number of halogens is 2. The van der Waals surface area contributed by atoms with E-state index in [1.807, 2.05) is 23.8 Å². The first-order chi connectivity index (χ1) is 13.6. The number of alkyl halides is 1. The lowest BCUT2D eigenvalue weighted by atomic mass is 10.0. The number of nitrogens with zero attached hydrogens (tertiary/aromatic N) is 2. The number of aryl methyl sites for hydroxylation is 1. The van der Waals surface area contributed by atoms with Crippen molar-refractivity contribution in [2.45, 2.75) is 13.5 Å². The Morgan fingerprint density at radius 1 is 1.00 bits per heavy atom. The third-order valence-electron chi connectivity index (χ3n) is 4.77. The first kappa shape index (κ1) is 18.0. The molecule has 0 spiro atoms. The van der Waals surface area contributed by atoms with Gasteiger partial charge in [-0.1, -0.05) is 12.1 Å². The van der Waals surface area contributed by atoms with Crippen LogP contribution in [0, 0.1) is 5.82 Å². The fraction of sp³-hybridized carbons (Fsp3) is 0.136. The molecule has 0 saturated heterocycles.